The van der Waals surface area contributed by atoms with Crippen LogP contribution in [0.2, 0.25) is 0 Å². The molecule has 0 aromatic heterocycles. The Balaban J connectivity index is 1.92. The summed E-state index contributed by atoms with van der Waals surface area (Å²) in [5, 5.41) is 54.6. The van der Waals surface area contributed by atoms with Crippen LogP contribution >= 0.6 is 0 Å². The average Bonchev–Trinajstić information content (AvgIpc) is 0.844. The van der Waals surface area contributed by atoms with Gasteiger partial charge in [0, 0.05) is 12.8 Å². The molecule has 0 radical (unpaired) electrons. The fourth-order valence-electron chi connectivity index (χ4n) is 12.7. The van der Waals surface area contributed by atoms with Crippen LogP contribution < -0.4 is 5.32 Å². The van der Waals surface area contributed by atoms with E-state index < -0.39 is 49.5 Å². The van der Waals surface area contributed by atoms with Gasteiger partial charge in [-0.15, -0.1) is 0 Å². The Bertz CT molecular complexity index is 1750. The van der Waals surface area contributed by atoms with E-state index in [9.17, 15) is 35.1 Å². The summed E-state index contributed by atoms with van der Waals surface area (Å²) in [5.41, 5.74) is 0. The molecule has 1 amide bonds. The monoisotopic (exact) mass is 1320 g/mol. The Hall–Kier alpha value is -2.64. The van der Waals surface area contributed by atoms with Gasteiger partial charge in [-0.2, -0.15) is 0 Å². The zero-order valence-electron chi connectivity index (χ0n) is 61.4. The number of allylic oxidation sites excluding steroid dienone is 9. The van der Waals surface area contributed by atoms with Gasteiger partial charge in [-0.05, 0) is 89.9 Å². The third-order valence-electron chi connectivity index (χ3n) is 19.1. The predicted octanol–water partition coefficient (Wildman–Crippen LogP) is 22.0. The minimum absolute atomic E-state index is 0.000751. The molecular weight excluding hydrogens is 1170 g/mol. The molecule has 0 spiro atoms. The van der Waals surface area contributed by atoms with Gasteiger partial charge in [-0.1, -0.05) is 351 Å². The van der Waals surface area contributed by atoms with Crippen LogP contribution in [0.15, 0.2) is 60.8 Å². The number of ether oxygens (including phenoxy) is 3. The van der Waals surface area contributed by atoms with E-state index in [1.54, 1.807) is 6.08 Å². The van der Waals surface area contributed by atoms with Gasteiger partial charge in [0.05, 0.1) is 32.0 Å². The van der Waals surface area contributed by atoms with Crippen molar-refractivity contribution in [2.75, 3.05) is 19.8 Å². The summed E-state index contributed by atoms with van der Waals surface area (Å²) < 4.78 is 16.8. The number of hydrogen-bond donors (Lipinski definition) is 6. The molecule has 0 aliphatic carbocycles. The van der Waals surface area contributed by atoms with Gasteiger partial charge in [0.1, 0.15) is 24.4 Å². The molecule has 1 aliphatic rings. The van der Waals surface area contributed by atoms with Gasteiger partial charge in [-0.3, -0.25) is 9.59 Å². The first-order chi connectivity index (χ1) is 46.2. The van der Waals surface area contributed by atoms with Crippen LogP contribution in [0.4, 0.5) is 0 Å². The van der Waals surface area contributed by atoms with Crippen molar-refractivity contribution in [3.63, 3.8) is 0 Å². The molecule has 1 aliphatic heterocycles. The van der Waals surface area contributed by atoms with Crippen LogP contribution in [0.5, 0.6) is 0 Å². The van der Waals surface area contributed by atoms with Gasteiger partial charge in [0.25, 0.3) is 0 Å². The van der Waals surface area contributed by atoms with E-state index in [4.69, 9.17) is 14.2 Å². The Morgan fingerprint density at radius 3 is 1.12 bits per heavy atom. The number of carbonyl (C=O) groups excluding carboxylic acids is 2. The molecular formula is C83H153NO10. The maximum Gasteiger partial charge on any atom is 0.305 e. The molecule has 0 bridgehead atoms. The largest absolute Gasteiger partial charge is 0.466 e. The molecule has 0 saturated carbocycles. The number of nitrogens with one attached hydrogen (secondary N) is 1. The van der Waals surface area contributed by atoms with Gasteiger partial charge in [-0.25, -0.2) is 0 Å². The van der Waals surface area contributed by atoms with E-state index in [1.807, 2.05) is 6.08 Å². The van der Waals surface area contributed by atoms with Crippen molar-refractivity contribution in [3.8, 4) is 0 Å². The Labute approximate surface area is 579 Å². The van der Waals surface area contributed by atoms with Crippen LogP contribution in [-0.2, 0) is 23.8 Å². The number of carbonyl (C=O) groups is 2. The fourth-order valence-corrected chi connectivity index (χ4v) is 12.7. The molecule has 1 saturated heterocycles. The quantitative estimate of drug-likeness (QED) is 0.0195. The zero-order valence-corrected chi connectivity index (χ0v) is 61.4. The van der Waals surface area contributed by atoms with Crippen molar-refractivity contribution in [1.29, 1.82) is 0 Å². The lowest BCUT2D eigenvalue weighted by Crippen LogP contribution is -2.60. The number of aliphatic hydroxyl groups is 5. The molecule has 1 fully saturated rings. The predicted molar refractivity (Wildman–Crippen MR) is 398 cm³/mol. The van der Waals surface area contributed by atoms with Crippen LogP contribution in [0, 0.1) is 0 Å². The van der Waals surface area contributed by atoms with Crippen molar-refractivity contribution >= 4 is 11.9 Å². The van der Waals surface area contributed by atoms with Crippen LogP contribution in [-0.4, -0.2) is 100 Å². The van der Waals surface area contributed by atoms with Crippen molar-refractivity contribution in [2.24, 2.45) is 0 Å². The molecule has 1 rings (SSSR count). The Kier molecular flexibility index (Phi) is 68.1. The highest BCUT2D eigenvalue weighted by Gasteiger charge is 2.44. The average molecular weight is 1330 g/mol. The summed E-state index contributed by atoms with van der Waals surface area (Å²) in [5.74, 6) is -0.177. The van der Waals surface area contributed by atoms with Gasteiger partial charge < -0.3 is 45.1 Å². The van der Waals surface area contributed by atoms with Gasteiger partial charge in [0.15, 0.2) is 6.29 Å². The van der Waals surface area contributed by atoms with Gasteiger partial charge >= 0.3 is 5.97 Å². The third kappa shape index (κ3) is 59.4. The van der Waals surface area contributed by atoms with E-state index in [2.05, 4.69) is 67.8 Å². The maximum atomic E-state index is 13.1. The number of amides is 1. The first-order valence-corrected chi connectivity index (χ1v) is 40.6. The molecule has 7 atom stereocenters. The van der Waals surface area contributed by atoms with E-state index in [0.717, 1.165) is 70.6 Å². The minimum atomic E-state index is -1.57. The second-order valence-electron chi connectivity index (χ2n) is 28.1. The van der Waals surface area contributed by atoms with Crippen LogP contribution in [0.25, 0.3) is 0 Å². The summed E-state index contributed by atoms with van der Waals surface area (Å²) in [6.45, 7) is 4.32. The van der Waals surface area contributed by atoms with Crippen molar-refractivity contribution in [1.82, 2.24) is 5.32 Å². The number of aliphatic hydroxyl groups excluding tert-OH is 5. The number of hydrogen-bond acceptors (Lipinski definition) is 10. The molecule has 550 valence electrons. The van der Waals surface area contributed by atoms with E-state index in [1.165, 1.54) is 295 Å². The highest BCUT2D eigenvalue weighted by atomic mass is 16.7. The molecule has 11 heteroatoms. The summed E-state index contributed by atoms with van der Waals surface area (Å²) in [4.78, 5) is 25.2. The first-order valence-electron chi connectivity index (χ1n) is 40.6. The lowest BCUT2D eigenvalue weighted by Gasteiger charge is -2.40. The standard InChI is InChI=1S/C83H153NO10/c1-3-5-7-9-11-13-15-17-46-49-53-57-61-65-69-76(86)75(74-93-83-82(91)81(90)80(89)77(73-85)94-83)84-78(87)70-66-62-58-54-50-47-43-41-39-37-35-33-31-29-27-25-23-21-19-18-20-22-24-26-28-30-32-34-36-38-40-42-44-48-52-56-60-64-68-72-92-79(88)71-67-63-59-55-51-45-16-14-12-10-8-6-4-2/h8,10,14,16,18-19,22,24,65,69,75-77,80-83,85-86,89-91H,3-7,9,11-13,15,17,20-21,23,25-64,66-68,70-74H2,1-2H3,(H,84,87)/b10-8-,16-14-,19-18-,24-22-,69-65+. The van der Waals surface area contributed by atoms with Crippen molar-refractivity contribution < 1.29 is 49.3 Å². The highest BCUT2D eigenvalue weighted by Crippen LogP contribution is 2.24. The second-order valence-corrected chi connectivity index (χ2v) is 28.1. The molecule has 0 aromatic carbocycles. The molecule has 6 N–H and O–H groups in total. The maximum absolute atomic E-state index is 13.1. The van der Waals surface area contributed by atoms with Crippen LogP contribution in [0.1, 0.15) is 393 Å². The topological polar surface area (TPSA) is 175 Å². The Morgan fingerprint density at radius 2 is 0.734 bits per heavy atom. The lowest BCUT2D eigenvalue weighted by molar-refractivity contribution is -0.302. The molecule has 7 unspecified atom stereocenters. The normalized spacial score (nSPS) is 17.7. The van der Waals surface area contributed by atoms with Crippen molar-refractivity contribution in [2.45, 2.75) is 436 Å². The van der Waals surface area contributed by atoms with Gasteiger partial charge in [0.2, 0.25) is 5.91 Å². The summed E-state index contributed by atoms with van der Waals surface area (Å²) >= 11 is 0. The van der Waals surface area contributed by atoms with E-state index >= 15 is 0 Å². The third-order valence-corrected chi connectivity index (χ3v) is 19.1. The fraction of sp³-hybridized carbons (Fsp3) is 0.855. The second kappa shape index (κ2) is 71.6. The first kappa shape index (κ1) is 89.4. The SMILES string of the molecule is CCC/C=C\C/C=C\CCCCCCCC(=O)OCCCCCCCCCCCCCCCCC/C=C\C/C=C\CCCCCCCCCCCCCCCCCCCC(=O)NC(COC1OC(CO)C(O)C(O)C1O)C(O)/C=C/CCCCCCCCCCCCCC. The summed E-state index contributed by atoms with van der Waals surface area (Å²) in [6.07, 6.45) is 86.8. The smallest absolute Gasteiger partial charge is 0.305 e. The Morgan fingerprint density at radius 1 is 0.394 bits per heavy atom. The minimum Gasteiger partial charge on any atom is -0.466 e. The summed E-state index contributed by atoms with van der Waals surface area (Å²) in [7, 11) is 0. The molecule has 0 aromatic rings. The lowest BCUT2D eigenvalue weighted by atomic mass is 9.99. The summed E-state index contributed by atoms with van der Waals surface area (Å²) in [6, 6.07) is -0.809. The number of esters is 1. The number of rotatable bonds is 72. The van der Waals surface area contributed by atoms with Crippen LogP contribution in [0.3, 0.4) is 0 Å². The molecule has 1 heterocycles. The highest BCUT2D eigenvalue weighted by molar-refractivity contribution is 5.76. The number of unbranched alkanes of at least 4 members (excludes halogenated alkanes) is 50. The van der Waals surface area contributed by atoms with Crippen molar-refractivity contribution in [3.05, 3.63) is 60.8 Å². The van der Waals surface area contributed by atoms with E-state index in [0.29, 0.717) is 19.4 Å². The van der Waals surface area contributed by atoms with E-state index in [-0.39, 0.29) is 18.5 Å². The molecule has 94 heavy (non-hydrogen) atoms. The molecule has 11 nitrogen and oxygen atoms in total. The zero-order chi connectivity index (χ0) is 67.9.